The van der Waals surface area contributed by atoms with Crippen LogP contribution < -0.4 is 0 Å². The van der Waals surface area contributed by atoms with E-state index in [1.165, 1.54) is 5.57 Å². The number of hydrogen-bond acceptors (Lipinski definition) is 3. The summed E-state index contributed by atoms with van der Waals surface area (Å²) in [7, 11) is 0. The number of allylic oxidation sites excluding steroid dienone is 2. The first-order valence-electron chi connectivity index (χ1n) is 5.44. The molecule has 0 unspecified atom stereocenters. The van der Waals surface area contributed by atoms with Gasteiger partial charge in [0.1, 0.15) is 11.2 Å². The topological polar surface area (TPSA) is 38.4 Å². The Hall–Kier alpha value is -1.42. The van der Waals surface area contributed by atoms with Gasteiger partial charge in [0.15, 0.2) is 5.58 Å². The Kier molecular flexibility index (Phi) is 2.40. The predicted molar refractivity (Wildman–Crippen MR) is 71.2 cm³/mol. The Labute approximate surface area is 107 Å². The number of benzene rings is 1. The van der Waals surface area contributed by atoms with Crippen LogP contribution in [0, 0.1) is 0 Å². The normalized spacial score (nSPS) is 15.8. The van der Waals surface area contributed by atoms with Gasteiger partial charge in [0.25, 0.3) is 0 Å². The fourth-order valence-electron chi connectivity index (χ4n) is 1.86. The molecule has 86 valence electrons. The van der Waals surface area contributed by atoms with Crippen LogP contribution in [-0.4, -0.2) is 10.7 Å². The molecular weight excluding hydrogens is 280 g/mol. The van der Waals surface area contributed by atoms with Gasteiger partial charge < -0.3 is 4.42 Å². The van der Waals surface area contributed by atoms with E-state index in [9.17, 15) is 0 Å². The molecule has 0 radical (unpaired) electrons. The molecule has 0 bridgehead atoms. The standard InChI is InChI=1S/C13H11BrN2O/c1-7-5-11(15-8(7)2)13-16-10-4-3-9(14)6-12(10)17-13/h3-4,6H,5H2,1-2H3. The van der Waals surface area contributed by atoms with Crippen LogP contribution in [0.2, 0.25) is 0 Å². The lowest BCUT2D eigenvalue weighted by Gasteiger charge is -1.92. The number of fused-ring (bicyclic) bond motifs is 1. The molecule has 0 spiro atoms. The molecule has 2 heterocycles. The molecule has 0 saturated carbocycles. The van der Waals surface area contributed by atoms with Crippen LogP contribution in [0.4, 0.5) is 0 Å². The fourth-order valence-corrected chi connectivity index (χ4v) is 2.20. The van der Waals surface area contributed by atoms with Gasteiger partial charge in [0.2, 0.25) is 5.89 Å². The second-order valence-corrected chi connectivity index (χ2v) is 5.15. The lowest BCUT2D eigenvalue weighted by molar-refractivity contribution is 0.588. The third-order valence-corrected chi connectivity index (χ3v) is 3.44. The summed E-state index contributed by atoms with van der Waals surface area (Å²) in [5.74, 6) is 0.634. The van der Waals surface area contributed by atoms with Crippen LogP contribution in [0.5, 0.6) is 0 Å². The number of nitrogens with zero attached hydrogens (tertiary/aromatic N) is 2. The Balaban J connectivity index is 2.06. The van der Waals surface area contributed by atoms with Gasteiger partial charge in [-0.2, -0.15) is 0 Å². The Morgan fingerprint density at radius 1 is 1.29 bits per heavy atom. The smallest absolute Gasteiger partial charge is 0.242 e. The third-order valence-electron chi connectivity index (χ3n) is 2.95. The summed E-state index contributed by atoms with van der Waals surface area (Å²) in [4.78, 5) is 8.95. The van der Waals surface area contributed by atoms with Crippen molar-refractivity contribution in [1.29, 1.82) is 0 Å². The maximum Gasteiger partial charge on any atom is 0.242 e. The second kappa shape index (κ2) is 3.81. The molecule has 1 aromatic carbocycles. The molecule has 3 nitrogen and oxygen atoms in total. The molecule has 0 fully saturated rings. The highest BCUT2D eigenvalue weighted by Gasteiger charge is 2.18. The number of halogens is 1. The predicted octanol–water partition coefficient (Wildman–Crippen LogP) is 4.08. The first kappa shape index (κ1) is 10.7. The Bertz CT molecular complexity index is 667. The zero-order chi connectivity index (χ0) is 12.0. The lowest BCUT2D eigenvalue weighted by Crippen LogP contribution is -1.97. The minimum atomic E-state index is 0.634. The summed E-state index contributed by atoms with van der Waals surface area (Å²) in [5, 5.41) is 0. The molecule has 0 aliphatic carbocycles. The summed E-state index contributed by atoms with van der Waals surface area (Å²) >= 11 is 3.42. The summed E-state index contributed by atoms with van der Waals surface area (Å²) < 4.78 is 6.72. The molecule has 0 N–H and O–H groups in total. The highest BCUT2D eigenvalue weighted by atomic mass is 79.9. The molecule has 1 aromatic heterocycles. The molecule has 1 aliphatic rings. The summed E-state index contributed by atoms with van der Waals surface area (Å²) in [6.45, 7) is 4.10. The van der Waals surface area contributed by atoms with E-state index in [-0.39, 0.29) is 0 Å². The van der Waals surface area contributed by atoms with E-state index in [1.807, 2.05) is 25.1 Å². The number of aromatic nitrogens is 1. The van der Waals surface area contributed by atoms with Crippen molar-refractivity contribution < 1.29 is 4.42 Å². The molecule has 17 heavy (non-hydrogen) atoms. The highest BCUT2D eigenvalue weighted by molar-refractivity contribution is 9.10. The van der Waals surface area contributed by atoms with Gasteiger partial charge in [0.05, 0.1) is 0 Å². The molecule has 3 rings (SSSR count). The number of hydrogen-bond donors (Lipinski definition) is 0. The van der Waals surface area contributed by atoms with Crippen LogP contribution >= 0.6 is 15.9 Å². The summed E-state index contributed by atoms with van der Waals surface area (Å²) in [5.41, 5.74) is 4.94. The zero-order valence-electron chi connectivity index (χ0n) is 9.62. The average molecular weight is 291 g/mol. The van der Waals surface area contributed by atoms with Gasteiger partial charge >= 0.3 is 0 Å². The summed E-state index contributed by atoms with van der Waals surface area (Å²) in [6, 6.07) is 5.82. The van der Waals surface area contributed by atoms with Crippen LogP contribution in [-0.2, 0) is 0 Å². The molecule has 0 saturated heterocycles. The van der Waals surface area contributed by atoms with Crippen LogP contribution in [0.1, 0.15) is 26.2 Å². The molecule has 0 amide bonds. The fraction of sp³-hybridized carbons (Fsp3) is 0.231. The lowest BCUT2D eigenvalue weighted by atomic mass is 10.1. The first-order chi connectivity index (χ1) is 8.13. The van der Waals surface area contributed by atoms with E-state index in [1.54, 1.807) is 0 Å². The number of oxazole rings is 1. The van der Waals surface area contributed by atoms with Gasteiger partial charge in [-0.25, -0.2) is 4.98 Å². The molecule has 4 heteroatoms. The van der Waals surface area contributed by atoms with Crippen molar-refractivity contribution in [3.63, 3.8) is 0 Å². The van der Waals surface area contributed by atoms with Crippen molar-refractivity contribution in [1.82, 2.24) is 4.98 Å². The van der Waals surface area contributed by atoms with E-state index in [2.05, 4.69) is 32.8 Å². The van der Waals surface area contributed by atoms with Gasteiger partial charge in [-0.1, -0.05) is 15.9 Å². The van der Waals surface area contributed by atoms with E-state index in [0.717, 1.165) is 33.4 Å². The van der Waals surface area contributed by atoms with Crippen LogP contribution in [0.25, 0.3) is 11.1 Å². The van der Waals surface area contributed by atoms with E-state index < -0.39 is 0 Å². The van der Waals surface area contributed by atoms with E-state index in [0.29, 0.717) is 5.89 Å². The highest BCUT2D eigenvalue weighted by Crippen LogP contribution is 2.26. The van der Waals surface area contributed by atoms with Crippen LogP contribution in [0.3, 0.4) is 0 Å². The SMILES string of the molecule is CC1=C(C)N=C(c2nc3ccc(Br)cc3o2)C1. The van der Waals surface area contributed by atoms with E-state index in [4.69, 9.17) is 4.42 Å². The summed E-state index contributed by atoms with van der Waals surface area (Å²) in [6.07, 6.45) is 0.833. The van der Waals surface area contributed by atoms with Crippen molar-refractivity contribution in [3.05, 3.63) is 39.8 Å². The zero-order valence-corrected chi connectivity index (χ0v) is 11.2. The van der Waals surface area contributed by atoms with Crippen molar-refractivity contribution >= 4 is 32.7 Å². The maximum atomic E-state index is 5.73. The maximum absolute atomic E-state index is 5.73. The largest absolute Gasteiger partial charge is 0.435 e. The van der Waals surface area contributed by atoms with Gasteiger partial charge in [-0.15, -0.1) is 0 Å². The Morgan fingerprint density at radius 2 is 2.12 bits per heavy atom. The minimum Gasteiger partial charge on any atom is -0.435 e. The van der Waals surface area contributed by atoms with Crippen LogP contribution in [0.15, 0.2) is 43.4 Å². The molecular formula is C13H11BrN2O. The third kappa shape index (κ3) is 1.82. The van der Waals surface area contributed by atoms with Gasteiger partial charge in [-0.3, -0.25) is 4.99 Å². The van der Waals surface area contributed by atoms with Gasteiger partial charge in [0, 0.05) is 16.6 Å². The second-order valence-electron chi connectivity index (χ2n) is 4.23. The monoisotopic (exact) mass is 290 g/mol. The Morgan fingerprint density at radius 3 is 2.82 bits per heavy atom. The quantitative estimate of drug-likeness (QED) is 0.794. The van der Waals surface area contributed by atoms with Crippen molar-refractivity contribution in [2.45, 2.75) is 20.3 Å². The number of aliphatic imine (C=N–C) groups is 1. The van der Waals surface area contributed by atoms with E-state index >= 15 is 0 Å². The first-order valence-corrected chi connectivity index (χ1v) is 6.23. The molecule has 1 aliphatic heterocycles. The van der Waals surface area contributed by atoms with Gasteiger partial charge in [-0.05, 0) is 37.6 Å². The van der Waals surface area contributed by atoms with Crippen molar-refractivity contribution in [3.8, 4) is 0 Å². The molecule has 2 aromatic rings. The minimum absolute atomic E-state index is 0.634. The average Bonchev–Trinajstić information content (AvgIpc) is 2.83. The van der Waals surface area contributed by atoms with Crippen molar-refractivity contribution in [2.75, 3.05) is 0 Å². The molecule has 0 atom stereocenters. The van der Waals surface area contributed by atoms with Crippen molar-refractivity contribution in [2.24, 2.45) is 4.99 Å². The number of rotatable bonds is 1.